The minimum absolute atomic E-state index is 0.227. The van der Waals surface area contributed by atoms with Crippen LogP contribution in [0.25, 0.3) is 0 Å². The van der Waals surface area contributed by atoms with Crippen molar-refractivity contribution >= 4 is 5.69 Å². The first kappa shape index (κ1) is 13.3. The van der Waals surface area contributed by atoms with E-state index in [4.69, 9.17) is 0 Å². The second-order valence-electron chi connectivity index (χ2n) is 5.44. The molecule has 0 saturated carbocycles. The van der Waals surface area contributed by atoms with Gasteiger partial charge in [0.15, 0.2) is 0 Å². The molecule has 1 aliphatic rings. The van der Waals surface area contributed by atoms with Crippen molar-refractivity contribution in [3.63, 3.8) is 0 Å². The third-order valence-corrected chi connectivity index (χ3v) is 4.14. The quantitative estimate of drug-likeness (QED) is 0.869. The van der Waals surface area contributed by atoms with Gasteiger partial charge >= 0.3 is 0 Å². The van der Waals surface area contributed by atoms with Crippen LogP contribution in [0.5, 0.6) is 0 Å². The van der Waals surface area contributed by atoms with E-state index in [1.807, 2.05) is 6.07 Å². The Morgan fingerprint density at radius 3 is 2.72 bits per heavy atom. The van der Waals surface area contributed by atoms with E-state index in [1.54, 1.807) is 13.0 Å². The number of aliphatic hydroxyl groups excluding tert-OH is 1. The van der Waals surface area contributed by atoms with E-state index in [-0.39, 0.29) is 5.82 Å². The minimum Gasteiger partial charge on any atom is -0.389 e. The molecule has 0 aliphatic carbocycles. The number of hydrogen-bond acceptors (Lipinski definition) is 2. The third-order valence-electron chi connectivity index (χ3n) is 4.14. The number of hydrogen-bond donors (Lipinski definition) is 1. The second kappa shape index (κ2) is 5.27. The molecular weight excluding hydrogens is 229 g/mol. The molecule has 1 fully saturated rings. The predicted octanol–water partition coefficient (Wildman–Crippen LogP) is 3.50. The molecule has 3 heteroatoms. The number of anilines is 1. The summed E-state index contributed by atoms with van der Waals surface area (Å²) in [6.45, 7) is 6.95. The number of piperidine rings is 1. The van der Waals surface area contributed by atoms with Crippen LogP contribution >= 0.6 is 0 Å². The minimum atomic E-state index is -0.619. The second-order valence-corrected chi connectivity index (χ2v) is 5.44. The lowest BCUT2D eigenvalue weighted by atomic mass is 9.91. The molecule has 1 aromatic rings. The Morgan fingerprint density at radius 1 is 1.39 bits per heavy atom. The van der Waals surface area contributed by atoms with Crippen molar-refractivity contribution < 1.29 is 9.50 Å². The Hall–Kier alpha value is -1.09. The molecule has 2 rings (SSSR count). The molecule has 0 aromatic heterocycles. The molecule has 1 aromatic carbocycles. The maximum atomic E-state index is 14.1. The summed E-state index contributed by atoms with van der Waals surface area (Å²) < 4.78 is 14.1. The Morgan fingerprint density at radius 2 is 2.11 bits per heavy atom. The lowest BCUT2D eigenvalue weighted by molar-refractivity contribution is 0.199. The van der Waals surface area contributed by atoms with Crippen LogP contribution in [0.4, 0.5) is 10.1 Å². The van der Waals surface area contributed by atoms with Gasteiger partial charge in [0.25, 0.3) is 0 Å². The number of nitrogens with zero attached hydrogens (tertiary/aromatic N) is 1. The standard InChI is InChI=1S/C15H22FNO/c1-10-5-4-8-17(11(10)2)15-7-6-13(12(3)18)9-14(15)16/h6-7,9-12,18H,4-5,8H2,1-3H3. The zero-order valence-corrected chi connectivity index (χ0v) is 11.4. The van der Waals surface area contributed by atoms with Gasteiger partial charge in [-0.3, -0.25) is 0 Å². The van der Waals surface area contributed by atoms with Crippen LogP contribution in [0.1, 0.15) is 45.3 Å². The Labute approximate surface area is 108 Å². The fourth-order valence-electron chi connectivity index (χ4n) is 2.69. The SMILES string of the molecule is CC(O)c1ccc(N2CCCC(C)C2C)c(F)c1. The topological polar surface area (TPSA) is 23.5 Å². The summed E-state index contributed by atoms with van der Waals surface area (Å²) in [5.74, 6) is 0.365. The first-order valence-electron chi connectivity index (χ1n) is 6.75. The van der Waals surface area contributed by atoms with Crippen LogP contribution in [-0.4, -0.2) is 17.7 Å². The van der Waals surface area contributed by atoms with Crippen LogP contribution in [0.3, 0.4) is 0 Å². The van der Waals surface area contributed by atoms with Crippen molar-refractivity contribution in [3.8, 4) is 0 Å². The number of benzene rings is 1. The molecule has 2 nitrogen and oxygen atoms in total. The highest BCUT2D eigenvalue weighted by molar-refractivity contribution is 5.50. The van der Waals surface area contributed by atoms with E-state index in [9.17, 15) is 9.50 Å². The van der Waals surface area contributed by atoms with E-state index in [0.717, 1.165) is 13.0 Å². The molecule has 18 heavy (non-hydrogen) atoms. The molecule has 100 valence electrons. The highest BCUT2D eigenvalue weighted by Crippen LogP contribution is 2.31. The van der Waals surface area contributed by atoms with Gasteiger partial charge in [0, 0.05) is 12.6 Å². The van der Waals surface area contributed by atoms with Gasteiger partial charge in [-0.1, -0.05) is 13.0 Å². The third kappa shape index (κ3) is 2.51. The van der Waals surface area contributed by atoms with Gasteiger partial charge in [-0.15, -0.1) is 0 Å². The lowest BCUT2D eigenvalue weighted by Gasteiger charge is -2.39. The van der Waals surface area contributed by atoms with Gasteiger partial charge in [-0.25, -0.2) is 4.39 Å². The van der Waals surface area contributed by atoms with Crippen LogP contribution < -0.4 is 4.90 Å². The summed E-state index contributed by atoms with van der Waals surface area (Å²) in [5, 5.41) is 9.46. The largest absolute Gasteiger partial charge is 0.389 e. The lowest BCUT2D eigenvalue weighted by Crippen LogP contribution is -2.42. The molecule has 3 atom stereocenters. The number of rotatable bonds is 2. The average Bonchev–Trinajstić information content (AvgIpc) is 2.33. The smallest absolute Gasteiger partial charge is 0.146 e. The normalized spacial score (nSPS) is 26.2. The van der Waals surface area contributed by atoms with Gasteiger partial charge in [0.05, 0.1) is 11.8 Å². The highest BCUT2D eigenvalue weighted by atomic mass is 19.1. The van der Waals surface area contributed by atoms with Crippen molar-refractivity contribution in [1.82, 2.24) is 0 Å². The van der Waals surface area contributed by atoms with Gasteiger partial charge in [-0.2, -0.15) is 0 Å². The van der Waals surface area contributed by atoms with Gasteiger partial charge < -0.3 is 10.0 Å². The van der Waals surface area contributed by atoms with Gasteiger partial charge in [-0.05, 0) is 50.3 Å². The molecule has 1 saturated heterocycles. The molecule has 1 N–H and O–H groups in total. The molecule has 0 bridgehead atoms. The summed E-state index contributed by atoms with van der Waals surface area (Å²) in [6, 6.07) is 5.43. The first-order valence-corrected chi connectivity index (χ1v) is 6.75. The van der Waals surface area contributed by atoms with Crippen molar-refractivity contribution in [1.29, 1.82) is 0 Å². The maximum Gasteiger partial charge on any atom is 0.146 e. The summed E-state index contributed by atoms with van der Waals surface area (Å²) in [4.78, 5) is 2.15. The Kier molecular flexibility index (Phi) is 3.91. The zero-order chi connectivity index (χ0) is 13.3. The van der Waals surface area contributed by atoms with Crippen LogP contribution in [0.15, 0.2) is 18.2 Å². The molecular formula is C15H22FNO. The predicted molar refractivity (Wildman–Crippen MR) is 72.2 cm³/mol. The Bertz CT molecular complexity index is 419. The van der Waals surface area contributed by atoms with Crippen molar-refractivity contribution in [2.45, 2.75) is 45.8 Å². The Balaban J connectivity index is 2.27. The summed E-state index contributed by atoms with van der Waals surface area (Å²) >= 11 is 0. The number of halogens is 1. The van der Waals surface area contributed by atoms with Crippen LogP contribution in [0, 0.1) is 11.7 Å². The maximum absolute atomic E-state index is 14.1. The van der Waals surface area contributed by atoms with Crippen LogP contribution in [-0.2, 0) is 0 Å². The van der Waals surface area contributed by atoms with Gasteiger partial charge in [0.2, 0.25) is 0 Å². The molecule has 1 aliphatic heterocycles. The van der Waals surface area contributed by atoms with Crippen LogP contribution in [0.2, 0.25) is 0 Å². The molecule has 3 unspecified atom stereocenters. The average molecular weight is 251 g/mol. The number of aliphatic hydroxyl groups is 1. The van der Waals surface area contributed by atoms with E-state index in [0.29, 0.717) is 23.2 Å². The van der Waals surface area contributed by atoms with E-state index in [1.165, 1.54) is 12.5 Å². The summed E-state index contributed by atoms with van der Waals surface area (Å²) in [5.41, 5.74) is 1.30. The molecule has 1 heterocycles. The van der Waals surface area contributed by atoms with Crippen molar-refractivity contribution in [2.75, 3.05) is 11.4 Å². The fraction of sp³-hybridized carbons (Fsp3) is 0.600. The van der Waals surface area contributed by atoms with Crippen molar-refractivity contribution in [3.05, 3.63) is 29.6 Å². The van der Waals surface area contributed by atoms with E-state index >= 15 is 0 Å². The summed E-state index contributed by atoms with van der Waals surface area (Å²) in [6.07, 6.45) is 1.71. The van der Waals surface area contributed by atoms with E-state index in [2.05, 4.69) is 18.7 Å². The highest BCUT2D eigenvalue weighted by Gasteiger charge is 2.26. The van der Waals surface area contributed by atoms with Gasteiger partial charge in [0.1, 0.15) is 5.82 Å². The first-order chi connectivity index (χ1) is 8.50. The molecule has 0 spiro atoms. The molecule has 0 radical (unpaired) electrons. The zero-order valence-electron chi connectivity index (χ0n) is 11.4. The van der Waals surface area contributed by atoms with E-state index < -0.39 is 6.10 Å². The monoisotopic (exact) mass is 251 g/mol. The fourth-order valence-corrected chi connectivity index (χ4v) is 2.69. The molecule has 0 amide bonds. The summed E-state index contributed by atoms with van der Waals surface area (Å²) in [7, 11) is 0. The van der Waals surface area contributed by atoms with Crippen molar-refractivity contribution in [2.24, 2.45) is 5.92 Å².